The lowest BCUT2D eigenvalue weighted by Crippen LogP contribution is -2.12. The van der Waals surface area contributed by atoms with E-state index in [2.05, 4.69) is 25.9 Å². The van der Waals surface area contributed by atoms with Crippen LogP contribution in [0.5, 0.6) is 0 Å². The lowest BCUT2D eigenvalue weighted by atomic mass is 10.2. The molecule has 0 aromatic carbocycles. The zero-order valence-electron chi connectivity index (χ0n) is 8.98. The molecular weight excluding hydrogens is 134 g/mol. The quantitative estimate of drug-likeness (QED) is 0.557. The summed E-state index contributed by atoms with van der Waals surface area (Å²) >= 11 is 0. The Morgan fingerprint density at radius 1 is 0.909 bits per heavy atom. The first-order chi connectivity index (χ1) is 5.27. The topological polar surface area (TPSA) is 3.24 Å². The van der Waals surface area contributed by atoms with Crippen molar-refractivity contribution in [1.82, 2.24) is 4.90 Å². The molecule has 11 heavy (non-hydrogen) atoms. The lowest BCUT2D eigenvalue weighted by molar-refractivity contribution is 0.391. The predicted molar refractivity (Wildman–Crippen MR) is 54.0 cm³/mol. The Kier molecular flexibility index (Phi) is 15.5. The van der Waals surface area contributed by atoms with Crippen LogP contribution in [0.25, 0.3) is 0 Å². The highest BCUT2D eigenvalue weighted by Crippen LogP contribution is 1.98. The van der Waals surface area contributed by atoms with Crippen LogP contribution in [0.1, 0.15) is 46.5 Å². The van der Waals surface area contributed by atoms with Crippen LogP contribution in [0.4, 0.5) is 0 Å². The van der Waals surface area contributed by atoms with Gasteiger partial charge in [0.15, 0.2) is 0 Å². The maximum absolute atomic E-state index is 2.25. The SMILES string of the molecule is CC.CCCCCCN(C)C. The van der Waals surface area contributed by atoms with Gasteiger partial charge in [-0.2, -0.15) is 0 Å². The first-order valence-electron chi connectivity index (χ1n) is 4.92. The van der Waals surface area contributed by atoms with Gasteiger partial charge in [-0.05, 0) is 27.1 Å². The highest BCUT2D eigenvalue weighted by molar-refractivity contribution is 4.44. The van der Waals surface area contributed by atoms with Gasteiger partial charge in [0.25, 0.3) is 0 Å². The monoisotopic (exact) mass is 159 g/mol. The molecule has 0 bridgehead atoms. The van der Waals surface area contributed by atoms with Gasteiger partial charge in [-0.1, -0.05) is 40.0 Å². The van der Waals surface area contributed by atoms with Gasteiger partial charge in [0, 0.05) is 0 Å². The summed E-state index contributed by atoms with van der Waals surface area (Å²) in [4.78, 5) is 2.25. The van der Waals surface area contributed by atoms with Crippen LogP contribution < -0.4 is 0 Å². The Hall–Kier alpha value is -0.0400. The molecule has 0 N–H and O–H groups in total. The van der Waals surface area contributed by atoms with E-state index in [0.29, 0.717) is 0 Å². The minimum Gasteiger partial charge on any atom is -0.309 e. The molecule has 70 valence electrons. The van der Waals surface area contributed by atoms with Crippen molar-refractivity contribution in [2.45, 2.75) is 46.5 Å². The number of rotatable bonds is 5. The molecule has 0 rings (SSSR count). The van der Waals surface area contributed by atoms with Gasteiger partial charge in [-0.15, -0.1) is 0 Å². The fraction of sp³-hybridized carbons (Fsp3) is 1.00. The molecule has 0 saturated heterocycles. The Labute approximate surface area is 72.8 Å². The zero-order valence-corrected chi connectivity index (χ0v) is 8.98. The summed E-state index contributed by atoms with van der Waals surface area (Å²) in [5.41, 5.74) is 0. The molecule has 0 atom stereocenters. The van der Waals surface area contributed by atoms with E-state index in [9.17, 15) is 0 Å². The van der Waals surface area contributed by atoms with Crippen molar-refractivity contribution >= 4 is 0 Å². The van der Waals surface area contributed by atoms with Gasteiger partial charge >= 0.3 is 0 Å². The van der Waals surface area contributed by atoms with Crippen molar-refractivity contribution in [3.05, 3.63) is 0 Å². The molecule has 0 fully saturated rings. The maximum Gasteiger partial charge on any atom is -0.00248 e. The second-order valence-corrected chi connectivity index (χ2v) is 2.86. The lowest BCUT2D eigenvalue weighted by Gasteiger charge is -2.07. The van der Waals surface area contributed by atoms with E-state index in [1.807, 2.05) is 13.8 Å². The molecule has 0 aliphatic heterocycles. The summed E-state index contributed by atoms with van der Waals surface area (Å²) in [5.74, 6) is 0. The zero-order chi connectivity index (χ0) is 9.11. The molecule has 0 aliphatic rings. The minimum absolute atomic E-state index is 1.25. The molecule has 0 spiro atoms. The van der Waals surface area contributed by atoms with Gasteiger partial charge in [-0.25, -0.2) is 0 Å². The van der Waals surface area contributed by atoms with Crippen LogP contribution >= 0.6 is 0 Å². The van der Waals surface area contributed by atoms with Crippen LogP contribution in [0, 0.1) is 0 Å². The van der Waals surface area contributed by atoms with E-state index < -0.39 is 0 Å². The van der Waals surface area contributed by atoms with Gasteiger partial charge in [0.05, 0.1) is 0 Å². The Balaban J connectivity index is 0. The van der Waals surface area contributed by atoms with E-state index in [1.165, 1.54) is 32.2 Å². The first kappa shape index (κ1) is 13.5. The number of nitrogens with zero attached hydrogens (tertiary/aromatic N) is 1. The van der Waals surface area contributed by atoms with Gasteiger partial charge < -0.3 is 4.90 Å². The average Bonchev–Trinajstić information content (AvgIpc) is 2.02. The van der Waals surface area contributed by atoms with Crippen LogP contribution in [0.15, 0.2) is 0 Å². The summed E-state index contributed by atoms with van der Waals surface area (Å²) in [6, 6.07) is 0. The van der Waals surface area contributed by atoms with Gasteiger partial charge in [0.2, 0.25) is 0 Å². The summed E-state index contributed by atoms with van der Waals surface area (Å²) in [5, 5.41) is 0. The second-order valence-electron chi connectivity index (χ2n) is 2.86. The standard InChI is InChI=1S/C8H19N.C2H6/c1-4-5-6-7-8-9(2)3;1-2/h4-8H2,1-3H3;1-2H3. The minimum atomic E-state index is 1.25. The van der Waals surface area contributed by atoms with Crippen molar-refractivity contribution in [3.63, 3.8) is 0 Å². The maximum atomic E-state index is 2.25. The molecule has 1 heteroatoms. The fourth-order valence-electron chi connectivity index (χ4n) is 0.855. The van der Waals surface area contributed by atoms with E-state index in [4.69, 9.17) is 0 Å². The van der Waals surface area contributed by atoms with E-state index >= 15 is 0 Å². The summed E-state index contributed by atoms with van der Waals surface area (Å²) < 4.78 is 0. The molecule has 0 aromatic rings. The molecule has 0 aromatic heterocycles. The highest BCUT2D eigenvalue weighted by Gasteiger charge is 1.88. The predicted octanol–water partition coefficient (Wildman–Crippen LogP) is 3.15. The highest BCUT2D eigenvalue weighted by atomic mass is 15.0. The largest absolute Gasteiger partial charge is 0.309 e. The van der Waals surface area contributed by atoms with E-state index in [-0.39, 0.29) is 0 Å². The smallest absolute Gasteiger partial charge is 0.00248 e. The molecule has 0 unspecified atom stereocenters. The first-order valence-corrected chi connectivity index (χ1v) is 4.92. The van der Waals surface area contributed by atoms with E-state index in [0.717, 1.165) is 0 Å². The van der Waals surface area contributed by atoms with Crippen molar-refractivity contribution in [3.8, 4) is 0 Å². The molecular formula is C10H25N. The Morgan fingerprint density at radius 2 is 1.45 bits per heavy atom. The van der Waals surface area contributed by atoms with Crippen molar-refractivity contribution in [2.24, 2.45) is 0 Å². The molecule has 1 nitrogen and oxygen atoms in total. The average molecular weight is 159 g/mol. The van der Waals surface area contributed by atoms with Crippen molar-refractivity contribution < 1.29 is 0 Å². The number of hydrogen-bond acceptors (Lipinski definition) is 1. The van der Waals surface area contributed by atoms with Gasteiger partial charge in [0.1, 0.15) is 0 Å². The molecule has 0 radical (unpaired) electrons. The molecule has 0 heterocycles. The van der Waals surface area contributed by atoms with Gasteiger partial charge in [-0.3, -0.25) is 0 Å². The third-order valence-corrected chi connectivity index (χ3v) is 1.46. The van der Waals surface area contributed by atoms with E-state index in [1.54, 1.807) is 0 Å². The van der Waals surface area contributed by atoms with Crippen molar-refractivity contribution in [2.75, 3.05) is 20.6 Å². The number of hydrogen-bond donors (Lipinski definition) is 0. The third kappa shape index (κ3) is 17.8. The Bertz CT molecular complexity index is 50.8. The third-order valence-electron chi connectivity index (χ3n) is 1.46. The fourth-order valence-corrected chi connectivity index (χ4v) is 0.855. The van der Waals surface area contributed by atoms with Crippen LogP contribution in [-0.2, 0) is 0 Å². The van der Waals surface area contributed by atoms with Crippen molar-refractivity contribution in [1.29, 1.82) is 0 Å². The second kappa shape index (κ2) is 12.6. The summed E-state index contributed by atoms with van der Waals surface area (Å²) in [7, 11) is 4.26. The van der Waals surface area contributed by atoms with Crippen LogP contribution in [-0.4, -0.2) is 25.5 Å². The number of unbranched alkanes of at least 4 members (excludes halogenated alkanes) is 3. The molecule has 0 aliphatic carbocycles. The summed E-state index contributed by atoms with van der Waals surface area (Å²) in [6.45, 7) is 7.50. The normalized spacial score (nSPS) is 9.27. The Morgan fingerprint density at radius 3 is 1.82 bits per heavy atom. The molecule has 0 saturated carbocycles. The van der Waals surface area contributed by atoms with Crippen LogP contribution in [0.3, 0.4) is 0 Å². The summed E-state index contributed by atoms with van der Waals surface area (Å²) in [6.07, 6.45) is 5.50. The van der Waals surface area contributed by atoms with Crippen LogP contribution in [0.2, 0.25) is 0 Å². The molecule has 0 amide bonds.